The molecule has 5 heteroatoms. The molecule has 0 spiro atoms. The van der Waals surface area contributed by atoms with E-state index in [-0.39, 0.29) is 35.0 Å². The number of furan rings is 1. The monoisotopic (exact) mass is 358 g/mol. The fourth-order valence-corrected chi connectivity index (χ4v) is 3.40. The molecule has 3 aromatic carbocycles. The molecule has 0 amide bonds. The predicted octanol–water partition coefficient (Wildman–Crippen LogP) is 5.04. The molecule has 0 bridgehead atoms. The second kappa shape index (κ2) is 5.64. The Hall–Kier alpha value is -3.73. The summed E-state index contributed by atoms with van der Waals surface area (Å²) in [7, 11) is 0. The van der Waals surface area contributed by atoms with Crippen LogP contribution in [0.25, 0.3) is 22.3 Å². The topological polar surface area (TPSA) is 79.9 Å². The number of rotatable bonds is 1. The van der Waals surface area contributed by atoms with Crippen LogP contribution in [0.2, 0.25) is 0 Å². The van der Waals surface area contributed by atoms with E-state index in [9.17, 15) is 15.0 Å². The Morgan fingerprint density at radius 2 is 1.74 bits per heavy atom. The molecule has 2 heterocycles. The number of phenols is 2. The van der Waals surface area contributed by atoms with Gasteiger partial charge in [0.05, 0.1) is 0 Å². The zero-order chi connectivity index (χ0) is 18.5. The third-order valence-electron chi connectivity index (χ3n) is 4.69. The highest BCUT2D eigenvalue weighted by atomic mass is 16.5. The van der Waals surface area contributed by atoms with Crippen molar-refractivity contribution in [3.8, 4) is 34.3 Å². The molecule has 0 unspecified atom stereocenters. The van der Waals surface area contributed by atoms with Crippen LogP contribution in [0.4, 0.5) is 0 Å². The summed E-state index contributed by atoms with van der Waals surface area (Å²) in [6, 6.07) is 17.6. The number of carbonyl (C=O) groups is 1. The highest BCUT2D eigenvalue weighted by Crippen LogP contribution is 2.42. The summed E-state index contributed by atoms with van der Waals surface area (Å²) in [6.07, 6.45) is 0.0983. The van der Waals surface area contributed by atoms with Crippen molar-refractivity contribution in [3.63, 3.8) is 0 Å². The van der Waals surface area contributed by atoms with E-state index in [1.54, 1.807) is 6.07 Å². The minimum atomic E-state index is -0.291. The quantitative estimate of drug-likeness (QED) is 0.498. The van der Waals surface area contributed by atoms with Gasteiger partial charge in [-0.15, -0.1) is 0 Å². The van der Waals surface area contributed by atoms with Crippen LogP contribution in [0.3, 0.4) is 0 Å². The van der Waals surface area contributed by atoms with Gasteiger partial charge in [-0.2, -0.15) is 0 Å². The lowest BCUT2D eigenvalue weighted by molar-refractivity contribution is 0.0991. The van der Waals surface area contributed by atoms with Crippen LogP contribution in [0.15, 0.2) is 65.1 Å². The predicted molar refractivity (Wildman–Crippen MR) is 99.5 cm³/mol. The maximum atomic E-state index is 12.5. The van der Waals surface area contributed by atoms with Crippen LogP contribution < -0.4 is 4.74 Å². The Morgan fingerprint density at radius 1 is 0.889 bits per heavy atom. The van der Waals surface area contributed by atoms with Gasteiger partial charge in [-0.25, -0.2) is 0 Å². The van der Waals surface area contributed by atoms with Gasteiger partial charge in [0.1, 0.15) is 39.9 Å². The van der Waals surface area contributed by atoms with Gasteiger partial charge in [-0.05, 0) is 18.2 Å². The Bertz CT molecular complexity index is 1190. The lowest BCUT2D eigenvalue weighted by Crippen LogP contribution is -2.02. The number of ether oxygens (including phenoxy) is 1. The van der Waals surface area contributed by atoms with E-state index in [4.69, 9.17) is 9.15 Å². The van der Waals surface area contributed by atoms with E-state index < -0.39 is 0 Å². The molecule has 0 atom stereocenters. The maximum absolute atomic E-state index is 12.5. The maximum Gasteiger partial charge on any atom is 0.174 e. The number of hydrogen-bond donors (Lipinski definition) is 2. The smallest absolute Gasteiger partial charge is 0.174 e. The number of benzene rings is 3. The summed E-state index contributed by atoms with van der Waals surface area (Å²) < 4.78 is 11.8. The fourth-order valence-electron chi connectivity index (χ4n) is 3.40. The molecule has 0 fully saturated rings. The molecule has 5 rings (SSSR count). The minimum absolute atomic E-state index is 0.0780. The summed E-state index contributed by atoms with van der Waals surface area (Å²) in [6.45, 7) is 0. The third-order valence-corrected chi connectivity index (χ3v) is 4.69. The molecule has 2 N–H and O–H groups in total. The second-order valence-electron chi connectivity index (χ2n) is 6.51. The fraction of sp³-hybridized carbons (Fsp3) is 0.0455. The molecule has 0 saturated heterocycles. The van der Waals surface area contributed by atoms with Crippen molar-refractivity contribution in [2.45, 2.75) is 6.42 Å². The van der Waals surface area contributed by atoms with Crippen LogP contribution in [-0.4, -0.2) is 16.0 Å². The summed E-state index contributed by atoms with van der Waals surface area (Å²) in [5.74, 6) is 0.592. The molecule has 5 nitrogen and oxygen atoms in total. The van der Waals surface area contributed by atoms with Crippen molar-refractivity contribution in [2.75, 3.05) is 0 Å². The number of aromatic hydroxyl groups is 2. The second-order valence-corrected chi connectivity index (χ2v) is 6.51. The van der Waals surface area contributed by atoms with Crippen LogP contribution in [0.5, 0.6) is 23.0 Å². The molecular formula is C22H14O5. The van der Waals surface area contributed by atoms with Crippen molar-refractivity contribution in [1.29, 1.82) is 0 Å². The van der Waals surface area contributed by atoms with Gasteiger partial charge in [0.2, 0.25) is 0 Å². The Labute approximate surface area is 154 Å². The molecule has 1 aromatic heterocycles. The van der Waals surface area contributed by atoms with Crippen LogP contribution in [-0.2, 0) is 6.42 Å². The molecule has 4 aromatic rings. The van der Waals surface area contributed by atoms with E-state index in [1.165, 1.54) is 6.07 Å². The molecule has 1 aliphatic rings. The molecule has 0 saturated carbocycles. The first kappa shape index (κ1) is 15.5. The van der Waals surface area contributed by atoms with Crippen LogP contribution >= 0.6 is 0 Å². The zero-order valence-electron chi connectivity index (χ0n) is 14.1. The SMILES string of the molecule is O=C1Cc2ccc(-c3cc4ccccc4o3)cc2Oc2cc(O)cc(O)c21. The number of hydrogen-bond acceptors (Lipinski definition) is 5. The lowest BCUT2D eigenvalue weighted by Gasteiger charge is -2.10. The number of ketones is 1. The molecule has 0 aliphatic carbocycles. The third kappa shape index (κ3) is 2.52. The lowest BCUT2D eigenvalue weighted by atomic mass is 10.0. The molecule has 132 valence electrons. The van der Waals surface area contributed by atoms with Crippen molar-refractivity contribution in [3.05, 3.63) is 71.8 Å². The number of fused-ring (bicyclic) bond motifs is 3. The first-order chi connectivity index (χ1) is 13.1. The summed E-state index contributed by atoms with van der Waals surface area (Å²) >= 11 is 0. The van der Waals surface area contributed by atoms with Crippen molar-refractivity contribution >= 4 is 16.8 Å². The average Bonchev–Trinajstić information content (AvgIpc) is 3.00. The first-order valence-electron chi connectivity index (χ1n) is 8.47. The van der Waals surface area contributed by atoms with Gasteiger partial charge < -0.3 is 19.4 Å². The van der Waals surface area contributed by atoms with Crippen molar-refractivity contribution in [1.82, 2.24) is 0 Å². The summed E-state index contributed by atoms with van der Waals surface area (Å²) in [5, 5.41) is 20.8. The van der Waals surface area contributed by atoms with E-state index in [2.05, 4.69) is 0 Å². The van der Waals surface area contributed by atoms with Gasteiger partial charge in [0.25, 0.3) is 0 Å². The molecule has 1 aliphatic heterocycles. The number of para-hydroxylation sites is 1. The van der Waals surface area contributed by atoms with E-state index in [0.717, 1.165) is 22.6 Å². The zero-order valence-corrected chi connectivity index (χ0v) is 14.1. The number of phenolic OH excluding ortho intramolecular Hbond substituents is 2. The molecule has 0 radical (unpaired) electrons. The Morgan fingerprint density at radius 3 is 2.59 bits per heavy atom. The van der Waals surface area contributed by atoms with Crippen LogP contribution in [0, 0.1) is 0 Å². The van der Waals surface area contributed by atoms with Gasteiger partial charge >= 0.3 is 0 Å². The van der Waals surface area contributed by atoms with E-state index in [1.807, 2.05) is 42.5 Å². The molecule has 27 heavy (non-hydrogen) atoms. The summed E-state index contributed by atoms with van der Waals surface area (Å²) in [4.78, 5) is 12.5. The Balaban J connectivity index is 1.63. The number of Topliss-reactive ketones (excluding diaryl/α,β-unsaturated/α-hetero) is 1. The van der Waals surface area contributed by atoms with E-state index in [0.29, 0.717) is 17.1 Å². The van der Waals surface area contributed by atoms with Gasteiger partial charge in [-0.1, -0.05) is 30.3 Å². The minimum Gasteiger partial charge on any atom is -0.508 e. The van der Waals surface area contributed by atoms with Crippen molar-refractivity contribution in [2.24, 2.45) is 0 Å². The first-order valence-corrected chi connectivity index (χ1v) is 8.47. The van der Waals surface area contributed by atoms with Crippen molar-refractivity contribution < 1.29 is 24.2 Å². The largest absolute Gasteiger partial charge is 0.508 e. The standard InChI is InChI=1S/C22H14O5/c23-15-10-17(25)22-16(24)7-13-5-6-14(9-19(13)27-21(22)11-15)20-8-12-3-1-2-4-18(12)26-20/h1-6,8-11,23,25H,7H2. The van der Waals surface area contributed by atoms with Gasteiger partial charge in [0.15, 0.2) is 5.78 Å². The number of carbonyl (C=O) groups excluding carboxylic acids is 1. The summed E-state index contributed by atoms with van der Waals surface area (Å²) in [5.41, 5.74) is 2.38. The normalized spacial score (nSPS) is 13.0. The van der Waals surface area contributed by atoms with Crippen LogP contribution in [0.1, 0.15) is 15.9 Å². The highest BCUT2D eigenvalue weighted by molar-refractivity contribution is 6.03. The highest BCUT2D eigenvalue weighted by Gasteiger charge is 2.25. The van der Waals surface area contributed by atoms with Gasteiger partial charge in [0, 0.05) is 35.1 Å². The Kier molecular flexibility index (Phi) is 3.24. The average molecular weight is 358 g/mol. The molecular weight excluding hydrogens is 344 g/mol. The van der Waals surface area contributed by atoms with E-state index >= 15 is 0 Å². The van der Waals surface area contributed by atoms with Gasteiger partial charge in [-0.3, -0.25) is 4.79 Å².